The molecular formula is C22H44FN3O4. The van der Waals surface area contributed by atoms with Gasteiger partial charge >= 0.3 is 0 Å². The minimum atomic E-state index is -1.07. The minimum Gasteiger partial charge on any atom is -0.391 e. The Morgan fingerprint density at radius 3 is 1.70 bits per heavy atom. The number of hydrogen-bond acceptors (Lipinski definition) is 4. The molecular weight excluding hydrogens is 389 g/mol. The van der Waals surface area contributed by atoms with Crippen molar-refractivity contribution in [3.63, 3.8) is 0 Å². The van der Waals surface area contributed by atoms with E-state index in [4.69, 9.17) is 0 Å². The van der Waals surface area contributed by atoms with Crippen LogP contribution in [0.15, 0.2) is 23.6 Å². The van der Waals surface area contributed by atoms with Crippen molar-refractivity contribution in [1.29, 1.82) is 0 Å². The van der Waals surface area contributed by atoms with E-state index >= 15 is 0 Å². The highest BCUT2D eigenvalue weighted by Gasteiger charge is 2.27. The Morgan fingerprint density at radius 2 is 1.43 bits per heavy atom. The van der Waals surface area contributed by atoms with E-state index < -0.39 is 24.1 Å². The van der Waals surface area contributed by atoms with Gasteiger partial charge in [0.05, 0.1) is 6.10 Å². The van der Waals surface area contributed by atoms with Crippen molar-refractivity contribution >= 4 is 17.7 Å². The number of rotatable bonds is 7. The highest BCUT2D eigenvalue weighted by Crippen LogP contribution is 2.08. The fourth-order valence-corrected chi connectivity index (χ4v) is 1.63. The maximum Gasteiger partial charge on any atom is 0.245 e. The molecule has 0 saturated carbocycles. The van der Waals surface area contributed by atoms with Gasteiger partial charge in [-0.2, -0.15) is 0 Å². The van der Waals surface area contributed by atoms with Gasteiger partial charge in [0.1, 0.15) is 17.9 Å². The molecule has 8 heteroatoms. The molecule has 0 spiro atoms. The van der Waals surface area contributed by atoms with Gasteiger partial charge in [-0.05, 0) is 40.2 Å². The Labute approximate surface area is 182 Å². The Morgan fingerprint density at radius 1 is 0.967 bits per heavy atom. The minimum absolute atomic E-state index is 0.132. The maximum atomic E-state index is 12.3. The number of hydrogen-bond donors (Lipinski definition) is 4. The van der Waals surface area contributed by atoms with Crippen LogP contribution in [0, 0.1) is 0 Å². The SMILES string of the molecule is C/C=C(C)\C(F)=C/C.CC.CC.CCC(=O)NC(C(=O)N[C@H](C)C(=O)NC)C(C)O. The van der Waals surface area contributed by atoms with Gasteiger partial charge in [0.25, 0.3) is 0 Å². The number of carbonyl (C=O) groups is 3. The van der Waals surface area contributed by atoms with Crippen LogP contribution < -0.4 is 16.0 Å². The van der Waals surface area contributed by atoms with Crippen LogP contribution in [-0.2, 0) is 14.4 Å². The summed E-state index contributed by atoms with van der Waals surface area (Å²) in [7, 11) is 1.45. The lowest BCUT2D eigenvalue weighted by Crippen LogP contribution is -2.56. The van der Waals surface area contributed by atoms with Crippen molar-refractivity contribution in [2.45, 2.75) is 93.8 Å². The number of carbonyl (C=O) groups excluding carboxylic acids is 3. The van der Waals surface area contributed by atoms with E-state index in [1.807, 2.05) is 34.6 Å². The molecule has 7 nitrogen and oxygen atoms in total. The van der Waals surface area contributed by atoms with Crippen molar-refractivity contribution in [3.05, 3.63) is 23.6 Å². The van der Waals surface area contributed by atoms with Gasteiger partial charge in [0, 0.05) is 13.5 Å². The van der Waals surface area contributed by atoms with E-state index in [9.17, 15) is 23.9 Å². The monoisotopic (exact) mass is 433 g/mol. The fraction of sp³-hybridized carbons (Fsp3) is 0.682. The molecule has 0 rings (SSSR count). The maximum absolute atomic E-state index is 12.3. The molecule has 0 aromatic carbocycles. The zero-order valence-electron chi connectivity index (χ0n) is 20.6. The quantitative estimate of drug-likeness (QED) is 0.462. The van der Waals surface area contributed by atoms with Crippen LogP contribution in [0.5, 0.6) is 0 Å². The van der Waals surface area contributed by atoms with E-state index in [0.717, 1.165) is 0 Å². The van der Waals surface area contributed by atoms with Gasteiger partial charge in [0.15, 0.2) is 0 Å². The number of likely N-dealkylation sites (N-methyl/N-ethyl adjacent to an activating group) is 1. The number of allylic oxidation sites excluding steroid dienone is 4. The van der Waals surface area contributed by atoms with Crippen LogP contribution >= 0.6 is 0 Å². The Hall–Kier alpha value is -2.22. The van der Waals surface area contributed by atoms with E-state index in [1.165, 1.54) is 27.0 Å². The molecule has 0 bridgehead atoms. The van der Waals surface area contributed by atoms with Crippen LogP contribution in [0.2, 0.25) is 0 Å². The molecule has 4 N–H and O–H groups in total. The summed E-state index contributed by atoms with van der Waals surface area (Å²) in [6.45, 7) is 17.8. The number of halogens is 1. The molecule has 0 aromatic heterocycles. The lowest BCUT2D eigenvalue weighted by molar-refractivity contribution is -0.133. The lowest BCUT2D eigenvalue weighted by atomic mass is 10.1. The topological polar surface area (TPSA) is 108 Å². The van der Waals surface area contributed by atoms with E-state index in [-0.39, 0.29) is 24.1 Å². The van der Waals surface area contributed by atoms with Crippen LogP contribution in [0.3, 0.4) is 0 Å². The third kappa shape index (κ3) is 17.8. The smallest absolute Gasteiger partial charge is 0.245 e. The summed E-state index contributed by atoms with van der Waals surface area (Å²) in [4.78, 5) is 34.3. The van der Waals surface area contributed by atoms with Gasteiger partial charge < -0.3 is 21.1 Å². The zero-order valence-corrected chi connectivity index (χ0v) is 20.6. The van der Waals surface area contributed by atoms with Crippen molar-refractivity contribution in [2.75, 3.05) is 7.05 Å². The summed E-state index contributed by atoms with van der Waals surface area (Å²) >= 11 is 0. The van der Waals surface area contributed by atoms with Crippen LogP contribution in [0.1, 0.15) is 75.7 Å². The number of aliphatic hydroxyl groups is 1. The molecule has 2 unspecified atom stereocenters. The normalized spacial score (nSPS) is 13.4. The first kappa shape index (κ1) is 35.2. The van der Waals surface area contributed by atoms with Crippen molar-refractivity contribution < 1.29 is 23.9 Å². The van der Waals surface area contributed by atoms with Crippen molar-refractivity contribution in [2.24, 2.45) is 0 Å². The Kier molecular flexibility index (Phi) is 27.1. The number of aliphatic hydroxyl groups excluding tert-OH is 1. The van der Waals surface area contributed by atoms with E-state index in [2.05, 4.69) is 16.0 Å². The van der Waals surface area contributed by atoms with Gasteiger partial charge in [-0.3, -0.25) is 14.4 Å². The van der Waals surface area contributed by atoms with Gasteiger partial charge in [-0.15, -0.1) is 0 Å². The molecule has 3 atom stereocenters. The summed E-state index contributed by atoms with van der Waals surface area (Å²) in [5.74, 6) is -1.42. The second kappa shape index (κ2) is 23.1. The van der Waals surface area contributed by atoms with E-state index in [0.29, 0.717) is 5.57 Å². The molecule has 0 fully saturated rings. The summed E-state index contributed by atoms with van der Waals surface area (Å²) in [6, 6.07) is -1.80. The summed E-state index contributed by atoms with van der Waals surface area (Å²) < 4.78 is 12.3. The second-order valence-electron chi connectivity index (χ2n) is 5.59. The molecule has 0 heterocycles. The number of nitrogens with one attached hydrogen (secondary N) is 3. The van der Waals surface area contributed by atoms with Gasteiger partial charge in [0.2, 0.25) is 17.7 Å². The summed E-state index contributed by atoms with van der Waals surface area (Å²) in [5, 5.41) is 16.7. The molecule has 0 saturated heterocycles. The predicted molar refractivity (Wildman–Crippen MR) is 123 cm³/mol. The molecule has 30 heavy (non-hydrogen) atoms. The first-order chi connectivity index (χ1) is 14.0. The molecule has 0 aliphatic rings. The second-order valence-corrected chi connectivity index (χ2v) is 5.59. The predicted octanol–water partition coefficient (Wildman–Crippen LogP) is 3.39. The number of amides is 3. The molecule has 3 amide bonds. The van der Waals surface area contributed by atoms with Crippen molar-refractivity contribution in [1.82, 2.24) is 16.0 Å². The molecule has 0 aliphatic carbocycles. The van der Waals surface area contributed by atoms with Gasteiger partial charge in [-0.1, -0.05) is 46.8 Å². The van der Waals surface area contributed by atoms with Crippen LogP contribution in [-0.4, -0.2) is 48.1 Å². The van der Waals surface area contributed by atoms with Crippen molar-refractivity contribution in [3.8, 4) is 0 Å². The third-order valence-electron chi connectivity index (χ3n) is 3.46. The highest BCUT2D eigenvalue weighted by molar-refractivity contribution is 5.92. The summed E-state index contributed by atoms with van der Waals surface area (Å²) in [5.41, 5.74) is 0.701. The largest absolute Gasteiger partial charge is 0.391 e. The van der Waals surface area contributed by atoms with Crippen LogP contribution in [0.4, 0.5) is 4.39 Å². The Balaban J connectivity index is -0.000000235. The summed E-state index contributed by atoms with van der Waals surface area (Å²) in [6.07, 6.45) is 2.36. The highest BCUT2D eigenvalue weighted by atomic mass is 19.1. The van der Waals surface area contributed by atoms with Crippen LogP contribution in [0.25, 0.3) is 0 Å². The lowest BCUT2D eigenvalue weighted by Gasteiger charge is -2.22. The fourth-order valence-electron chi connectivity index (χ4n) is 1.63. The average Bonchev–Trinajstić information content (AvgIpc) is 2.77. The molecule has 178 valence electrons. The first-order valence-corrected chi connectivity index (χ1v) is 10.5. The zero-order chi connectivity index (χ0) is 24.9. The first-order valence-electron chi connectivity index (χ1n) is 10.5. The molecule has 0 aromatic rings. The molecule has 0 radical (unpaired) electrons. The van der Waals surface area contributed by atoms with Gasteiger partial charge in [-0.25, -0.2) is 4.39 Å². The third-order valence-corrected chi connectivity index (χ3v) is 3.46. The Bertz CT molecular complexity index is 516. The van der Waals surface area contributed by atoms with E-state index in [1.54, 1.807) is 26.8 Å². The molecule has 0 aliphatic heterocycles. The standard InChI is InChI=1S/C11H21N3O4.C7H11F.2C2H6/c1-5-8(16)14-9(7(3)15)11(18)13-6(2)10(17)12-4;1-4-6(3)7(8)5-2;2*1-2/h6-7,9,15H,5H2,1-4H3,(H,12,17)(H,13,18)(H,14,16);4-5H,1-3H3;2*1-2H3/b;6-4-,7-5+;;/t6-,7?,9?;;;/m1.../s1. The average molecular weight is 434 g/mol.